The summed E-state index contributed by atoms with van der Waals surface area (Å²) < 4.78 is 13.3. The van der Waals surface area contributed by atoms with Gasteiger partial charge in [0.1, 0.15) is 5.75 Å². The minimum absolute atomic E-state index is 0.700. The van der Waals surface area contributed by atoms with Gasteiger partial charge in [-0.05, 0) is 25.1 Å². The van der Waals surface area contributed by atoms with Gasteiger partial charge in [-0.2, -0.15) is 0 Å². The number of hydrogen-bond acceptors (Lipinski definition) is 6. The first-order valence-electron chi connectivity index (χ1n) is 7.31. The molecule has 21 heavy (non-hydrogen) atoms. The minimum atomic E-state index is 0.700. The first kappa shape index (κ1) is 15.1. The molecule has 1 saturated heterocycles. The van der Waals surface area contributed by atoms with Crippen LogP contribution in [0.4, 0.5) is 0 Å². The van der Waals surface area contributed by atoms with Crippen molar-refractivity contribution in [2.75, 3.05) is 45.2 Å². The van der Waals surface area contributed by atoms with Gasteiger partial charge in [-0.15, -0.1) is 11.3 Å². The molecule has 0 aliphatic carbocycles. The summed E-state index contributed by atoms with van der Waals surface area (Å²) in [4.78, 5) is 7.13. The fourth-order valence-corrected chi connectivity index (χ4v) is 4.46. The molecule has 0 unspecified atom stereocenters. The van der Waals surface area contributed by atoms with E-state index in [0.29, 0.717) is 6.61 Å². The number of benzene rings is 1. The van der Waals surface area contributed by atoms with Gasteiger partial charge in [0.15, 0.2) is 4.34 Å². The van der Waals surface area contributed by atoms with Gasteiger partial charge < -0.3 is 9.47 Å². The molecule has 0 spiro atoms. The SMILES string of the molecule is CCOc1ccc2nc(SCCN3CCOCC3)sc2c1. The summed E-state index contributed by atoms with van der Waals surface area (Å²) in [6.45, 7) is 7.65. The van der Waals surface area contributed by atoms with E-state index in [9.17, 15) is 0 Å². The maximum atomic E-state index is 5.54. The Morgan fingerprint density at radius 2 is 2.24 bits per heavy atom. The van der Waals surface area contributed by atoms with E-state index in [1.165, 1.54) is 4.70 Å². The first-order chi connectivity index (χ1) is 10.3. The molecule has 0 N–H and O–H groups in total. The third-order valence-corrected chi connectivity index (χ3v) is 5.53. The van der Waals surface area contributed by atoms with Crippen molar-refractivity contribution in [1.82, 2.24) is 9.88 Å². The van der Waals surface area contributed by atoms with Crippen LogP contribution in [-0.2, 0) is 4.74 Å². The maximum Gasteiger partial charge on any atom is 0.151 e. The molecule has 114 valence electrons. The molecule has 0 atom stereocenters. The molecule has 6 heteroatoms. The van der Waals surface area contributed by atoms with Crippen molar-refractivity contribution < 1.29 is 9.47 Å². The van der Waals surface area contributed by atoms with Crippen LogP contribution in [0, 0.1) is 0 Å². The third-order valence-electron chi connectivity index (χ3n) is 3.39. The van der Waals surface area contributed by atoms with Gasteiger partial charge in [0.05, 0.1) is 30.0 Å². The smallest absolute Gasteiger partial charge is 0.151 e. The van der Waals surface area contributed by atoms with E-state index in [4.69, 9.17) is 9.47 Å². The highest BCUT2D eigenvalue weighted by Gasteiger charge is 2.11. The predicted octanol–water partition coefficient (Wildman–Crippen LogP) is 3.12. The largest absolute Gasteiger partial charge is 0.494 e. The van der Waals surface area contributed by atoms with Gasteiger partial charge in [-0.25, -0.2) is 4.98 Å². The highest BCUT2D eigenvalue weighted by Crippen LogP contribution is 2.31. The Hall–Kier alpha value is -0.820. The van der Waals surface area contributed by atoms with E-state index in [2.05, 4.69) is 16.0 Å². The number of nitrogens with zero attached hydrogens (tertiary/aromatic N) is 2. The molecule has 0 saturated carbocycles. The molecule has 0 radical (unpaired) electrons. The van der Waals surface area contributed by atoms with Gasteiger partial charge in [0, 0.05) is 25.4 Å². The molecule has 3 rings (SSSR count). The van der Waals surface area contributed by atoms with Crippen LogP contribution in [0.2, 0.25) is 0 Å². The lowest BCUT2D eigenvalue weighted by atomic mass is 10.3. The number of rotatable bonds is 6. The third kappa shape index (κ3) is 4.10. The fraction of sp³-hybridized carbons (Fsp3) is 0.533. The predicted molar refractivity (Wildman–Crippen MR) is 88.8 cm³/mol. The molecule has 2 aromatic rings. The Bertz CT molecular complexity index is 582. The number of thiazole rings is 1. The van der Waals surface area contributed by atoms with E-state index >= 15 is 0 Å². The van der Waals surface area contributed by atoms with E-state index in [-0.39, 0.29) is 0 Å². The minimum Gasteiger partial charge on any atom is -0.494 e. The Balaban J connectivity index is 1.56. The van der Waals surface area contributed by atoms with Crippen molar-refractivity contribution in [3.05, 3.63) is 18.2 Å². The molecule has 1 aromatic carbocycles. The van der Waals surface area contributed by atoms with Crippen molar-refractivity contribution in [2.45, 2.75) is 11.3 Å². The number of thioether (sulfide) groups is 1. The van der Waals surface area contributed by atoms with E-state index in [1.807, 2.05) is 30.8 Å². The lowest BCUT2D eigenvalue weighted by Gasteiger charge is -2.26. The molecule has 2 heterocycles. The molecule has 1 aliphatic heterocycles. The quantitative estimate of drug-likeness (QED) is 0.763. The van der Waals surface area contributed by atoms with Crippen molar-refractivity contribution in [2.24, 2.45) is 0 Å². The molecule has 0 amide bonds. The zero-order valence-corrected chi connectivity index (χ0v) is 13.8. The Morgan fingerprint density at radius 3 is 3.05 bits per heavy atom. The zero-order valence-electron chi connectivity index (χ0n) is 12.2. The second kappa shape index (κ2) is 7.45. The van der Waals surface area contributed by atoms with E-state index in [0.717, 1.165) is 54.2 Å². The monoisotopic (exact) mass is 324 g/mol. The van der Waals surface area contributed by atoms with Crippen molar-refractivity contribution in [3.8, 4) is 5.75 Å². The normalized spacial score (nSPS) is 16.4. The average molecular weight is 324 g/mol. The summed E-state index contributed by atoms with van der Waals surface area (Å²) in [7, 11) is 0. The van der Waals surface area contributed by atoms with Crippen molar-refractivity contribution >= 4 is 33.3 Å². The lowest BCUT2D eigenvalue weighted by Crippen LogP contribution is -2.37. The summed E-state index contributed by atoms with van der Waals surface area (Å²) >= 11 is 3.60. The zero-order chi connectivity index (χ0) is 14.5. The van der Waals surface area contributed by atoms with Crippen LogP contribution in [0.1, 0.15) is 6.92 Å². The van der Waals surface area contributed by atoms with Crippen molar-refractivity contribution in [1.29, 1.82) is 0 Å². The summed E-state index contributed by atoms with van der Waals surface area (Å²) in [6, 6.07) is 6.12. The van der Waals surface area contributed by atoms with Gasteiger partial charge in [0.2, 0.25) is 0 Å². The molecule has 4 nitrogen and oxygen atoms in total. The number of aromatic nitrogens is 1. The Labute approximate surface area is 133 Å². The topological polar surface area (TPSA) is 34.6 Å². The number of ether oxygens (including phenoxy) is 2. The van der Waals surface area contributed by atoms with Crippen LogP contribution in [0.15, 0.2) is 22.5 Å². The van der Waals surface area contributed by atoms with Crippen molar-refractivity contribution in [3.63, 3.8) is 0 Å². The molecule has 1 aromatic heterocycles. The second-order valence-corrected chi connectivity index (χ2v) is 7.22. The molecule has 0 bridgehead atoms. The van der Waals surface area contributed by atoms with E-state index < -0.39 is 0 Å². The van der Waals surface area contributed by atoms with Gasteiger partial charge in [-0.3, -0.25) is 4.90 Å². The summed E-state index contributed by atoms with van der Waals surface area (Å²) in [5.41, 5.74) is 1.07. The fourth-order valence-electron chi connectivity index (χ4n) is 2.29. The highest BCUT2D eigenvalue weighted by atomic mass is 32.2. The van der Waals surface area contributed by atoms with Gasteiger partial charge >= 0.3 is 0 Å². The summed E-state index contributed by atoms with van der Waals surface area (Å²) in [5, 5.41) is 0. The van der Waals surface area contributed by atoms with Crippen LogP contribution < -0.4 is 4.74 Å². The Kier molecular flexibility index (Phi) is 5.35. The van der Waals surface area contributed by atoms with Crippen LogP contribution in [0.25, 0.3) is 10.2 Å². The maximum absolute atomic E-state index is 5.54. The first-order valence-corrected chi connectivity index (χ1v) is 9.11. The van der Waals surface area contributed by atoms with Crippen LogP contribution in [0.5, 0.6) is 5.75 Å². The summed E-state index contributed by atoms with van der Waals surface area (Å²) in [5.74, 6) is 2.01. The summed E-state index contributed by atoms with van der Waals surface area (Å²) in [6.07, 6.45) is 0. The van der Waals surface area contributed by atoms with Gasteiger partial charge in [-0.1, -0.05) is 11.8 Å². The van der Waals surface area contributed by atoms with Crippen LogP contribution in [-0.4, -0.2) is 55.1 Å². The van der Waals surface area contributed by atoms with E-state index in [1.54, 1.807) is 11.3 Å². The number of fused-ring (bicyclic) bond motifs is 1. The van der Waals surface area contributed by atoms with Crippen LogP contribution in [0.3, 0.4) is 0 Å². The number of morpholine rings is 1. The average Bonchev–Trinajstić information content (AvgIpc) is 2.91. The number of hydrogen-bond donors (Lipinski definition) is 0. The Morgan fingerprint density at radius 1 is 1.38 bits per heavy atom. The highest BCUT2D eigenvalue weighted by molar-refractivity contribution is 8.01. The second-order valence-electron chi connectivity index (χ2n) is 4.84. The molecule has 1 fully saturated rings. The lowest BCUT2D eigenvalue weighted by molar-refractivity contribution is 0.0410. The standard InChI is InChI=1S/C15H20N2O2S2/c1-2-19-12-3-4-13-14(11-12)21-15(16-13)20-10-7-17-5-8-18-9-6-17/h3-4,11H,2,5-10H2,1H3. The van der Waals surface area contributed by atoms with Crippen LogP contribution >= 0.6 is 23.1 Å². The molecular weight excluding hydrogens is 304 g/mol. The van der Waals surface area contributed by atoms with Gasteiger partial charge in [0.25, 0.3) is 0 Å². The molecular formula is C15H20N2O2S2. The molecule has 1 aliphatic rings.